The second kappa shape index (κ2) is 21.3. The fraction of sp³-hybridized carbons (Fsp3) is 0.409. The van der Waals surface area contributed by atoms with E-state index >= 15 is 0 Å². The molecule has 0 fully saturated rings. The molecule has 1 atom stereocenters. The van der Waals surface area contributed by atoms with Gasteiger partial charge in [-0.1, -0.05) is 155 Å². The largest absolute Gasteiger partial charge is 0.103 e. The van der Waals surface area contributed by atoms with Gasteiger partial charge in [-0.25, -0.2) is 0 Å². The van der Waals surface area contributed by atoms with Crippen LogP contribution in [-0.2, 0) is 24.7 Å². The van der Waals surface area contributed by atoms with Gasteiger partial charge < -0.3 is 0 Å². The van der Waals surface area contributed by atoms with Crippen LogP contribution in [0.2, 0.25) is 0 Å². The van der Waals surface area contributed by atoms with Gasteiger partial charge in [-0.15, -0.1) is 6.58 Å². The molecule has 0 saturated heterocycles. The second-order valence-electron chi connectivity index (χ2n) is 12.1. The standard InChI is InChI=1S/C25H32.C18H26.CH4/c1-6-19-25(8-3,23-15-10-21(5)11-16-23)24-17-13-22(14-18-24)12-9-20(4)7-2;1-4-6-7-8-9-10-17-11-13-18(14-12-17)15-16(3)5-2;/h7,10-11,13-18H,2,4,6,8-9,12,19H2,1,3,5H3;4-5,11-14H,1,6-10,15H2,2-3H3;1H4/b;16-5+;. The van der Waals surface area contributed by atoms with Crippen molar-refractivity contribution in [3.8, 4) is 0 Å². The van der Waals surface area contributed by atoms with Crippen molar-refractivity contribution in [3.05, 3.63) is 155 Å². The second-order valence-corrected chi connectivity index (χ2v) is 12.1. The van der Waals surface area contributed by atoms with Crippen molar-refractivity contribution < 1.29 is 0 Å². The molecule has 0 amide bonds. The maximum absolute atomic E-state index is 4.01. The van der Waals surface area contributed by atoms with E-state index in [9.17, 15) is 0 Å². The topological polar surface area (TPSA) is 0 Å². The van der Waals surface area contributed by atoms with Gasteiger partial charge in [-0.2, -0.15) is 0 Å². The molecule has 0 spiro atoms. The Morgan fingerprint density at radius 1 is 0.750 bits per heavy atom. The van der Waals surface area contributed by atoms with E-state index in [2.05, 4.69) is 133 Å². The molecule has 3 rings (SSSR count). The number of unbranched alkanes of at least 4 members (excludes halogenated alkanes) is 3. The zero-order valence-corrected chi connectivity index (χ0v) is 28.1. The van der Waals surface area contributed by atoms with Crippen LogP contribution in [-0.4, -0.2) is 0 Å². The molecule has 0 aliphatic carbocycles. The van der Waals surface area contributed by atoms with E-state index in [1.165, 1.54) is 77.5 Å². The molecular weight excluding hydrogens is 528 g/mol. The molecule has 238 valence electrons. The van der Waals surface area contributed by atoms with Crippen molar-refractivity contribution in [2.24, 2.45) is 0 Å². The summed E-state index contributed by atoms with van der Waals surface area (Å²) in [5.74, 6) is 0. The number of rotatable bonds is 17. The van der Waals surface area contributed by atoms with Crippen LogP contribution in [0.25, 0.3) is 0 Å². The van der Waals surface area contributed by atoms with E-state index in [0.29, 0.717) is 0 Å². The lowest BCUT2D eigenvalue weighted by Gasteiger charge is -2.34. The lowest BCUT2D eigenvalue weighted by atomic mass is 9.69. The lowest BCUT2D eigenvalue weighted by Crippen LogP contribution is -2.26. The molecule has 0 nitrogen and oxygen atoms in total. The zero-order valence-electron chi connectivity index (χ0n) is 28.1. The summed E-state index contributed by atoms with van der Waals surface area (Å²) in [4.78, 5) is 0. The van der Waals surface area contributed by atoms with E-state index in [1.54, 1.807) is 0 Å². The molecule has 3 aromatic rings. The minimum atomic E-state index is 0. The summed E-state index contributed by atoms with van der Waals surface area (Å²) in [6, 6.07) is 27.5. The number of aryl methyl sites for hydroxylation is 3. The highest BCUT2D eigenvalue weighted by atomic mass is 14.3. The average molecular weight is 591 g/mol. The van der Waals surface area contributed by atoms with Gasteiger partial charge in [0.2, 0.25) is 0 Å². The summed E-state index contributed by atoms with van der Waals surface area (Å²) in [6.45, 7) is 22.6. The number of hydrogen-bond donors (Lipinski definition) is 0. The number of benzene rings is 3. The zero-order chi connectivity index (χ0) is 31.5. The fourth-order valence-electron chi connectivity index (χ4n) is 5.78. The molecular formula is C44H62. The first kappa shape index (κ1) is 38.6. The molecule has 0 saturated carbocycles. The van der Waals surface area contributed by atoms with Crippen LogP contribution in [0.3, 0.4) is 0 Å². The SMILES string of the molecule is C.C=CC(=C)CCc1ccc(C(CC)(CCC)c2ccc(C)cc2)cc1.C=CCCCCCc1ccc(C/C(C)=C/C)cc1. The van der Waals surface area contributed by atoms with Crippen molar-refractivity contribution >= 4 is 0 Å². The Morgan fingerprint density at radius 3 is 1.82 bits per heavy atom. The number of allylic oxidation sites excluding steroid dienone is 5. The Hall–Kier alpha value is -3.38. The van der Waals surface area contributed by atoms with Crippen LogP contribution in [0.4, 0.5) is 0 Å². The van der Waals surface area contributed by atoms with E-state index in [1.807, 2.05) is 12.2 Å². The van der Waals surface area contributed by atoms with Gasteiger partial charge in [-0.3, -0.25) is 0 Å². The average Bonchev–Trinajstić information content (AvgIpc) is 3.04. The summed E-state index contributed by atoms with van der Waals surface area (Å²) in [6.07, 6.45) is 18.9. The van der Waals surface area contributed by atoms with Crippen LogP contribution in [0, 0.1) is 6.92 Å². The third-order valence-corrected chi connectivity index (χ3v) is 8.79. The molecule has 0 radical (unpaired) electrons. The highest BCUT2D eigenvalue weighted by Gasteiger charge is 2.31. The Kier molecular flexibility index (Phi) is 18.7. The monoisotopic (exact) mass is 590 g/mol. The fourth-order valence-corrected chi connectivity index (χ4v) is 5.78. The lowest BCUT2D eigenvalue weighted by molar-refractivity contribution is 0.450. The molecule has 0 aliphatic rings. The molecule has 1 unspecified atom stereocenters. The first-order valence-corrected chi connectivity index (χ1v) is 16.6. The summed E-state index contributed by atoms with van der Waals surface area (Å²) in [5, 5.41) is 0. The summed E-state index contributed by atoms with van der Waals surface area (Å²) >= 11 is 0. The van der Waals surface area contributed by atoms with Gasteiger partial charge in [0.1, 0.15) is 0 Å². The third kappa shape index (κ3) is 12.7. The molecule has 0 N–H and O–H groups in total. The highest BCUT2D eigenvalue weighted by molar-refractivity contribution is 5.41. The van der Waals surface area contributed by atoms with Crippen LogP contribution in [0.1, 0.15) is 120 Å². The Balaban J connectivity index is 0.000000453. The molecule has 44 heavy (non-hydrogen) atoms. The van der Waals surface area contributed by atoms with E-state index < -0.39 is 0 Å². The Morgan fingerprint density at radius 2 is 1.30 bits per heavy atom. The van der Waals surface area contributed by atoms with E-state index in [-0.39, 0.29) is 12.8 Å². The minimum absolute atomic E-state index is 0. The summed E-state index contributed by atoms with van der Waals surface area (Å²) in [7, 11) is 0. The van der Waals surface area contributed by atoms with Gasteiger partial charge in [-0.05, 0) is 106 Å². The molecule has 0 heterocycles. The molecule has 0 heteroatoms. The van der Waals surface area contributed by atoms with Gasteiger partial charge in [0.05, 0.1) is 0 Å². The van der Waals surface area contributed by atoms with Gasteiger partial charge in [0.15, 0.2) is 0 Å². The highest BCUT2D eigenvalue weighted by Crippen LogP contribution is 2.40. The van der Waals surface area contributed by atoms with Crippen molar-refractivity contribution in [2.45, 2.75) is 118 Å². The third-order valence-electron chi connectivity index (χ3n) is 8.79. The normalized spacial score (nSPS) is 12.2. The number of hydrogen-bond acceptors (Lipinski definition) is 0. The maximum Gasteiger partial charge on any atom is 0.0200 e. The Bertz CT molecular complexity index is 1250. The first-order chi connectivity index (χ1) is 20.8. The van der Waals surface area contributed by atoms with Crippen molar-refractivity contribution in [2.75, 3.05) is 0 Å². The van der Waals surface area contributed by atoms with Gasteiger partial charge >= 0.3 is 0 Å². The predicted octanol–water partition coefficient (Wildman–Crippen LogP) is 13.3. The van der Waals surface area contributed by atoms with Crippen LogP contribution in [0.5, 0.6) is 0 Å². The molecule has 3 aromatic carbocycles. The van der Waals surface area contributed by atoms with Crippen LogP contribution < -0.4 is 0 Å². The quantitative estimate of drug-likeness (QED) is 0.0833. The molecule has 0 aromatic heterocycles. The summed E-state index contributed by atoms with van der Waals surface area (Å²) < 4.78 is 0. The predicted molar refractivity (Wildman–Crippen MR) is 200 cm³/mol. The van der Waals surface area contributed by atoms with Crippen LogP contribution >= 0.6 is 0 Å². The van der Waals surface area contributed by atoms with Gasteiger partial charge in [0, 0.05) is 5.41 Å². The summed E-state index contributed by atoms with van der Waals surface area (Å²) in [5.41, 5.74) is 11.1. The molecule has 0 bridgehead atoms. The van der Waals surface area contributed by atoms with E-state index in [0.717, 1.165) is 37.7 Å². The minimum Gasteiger partial charge on any atom is -0.103 e. The first-order valence-electron chi connectivity index (χ1n) is 16.6. The van der Waals surface area contributed by atoms with Crippen molar-refractivity contribution in [1.29, 1.82) is 0 Å². The van der Waals surface area contributed by atoms with Gasteiger partial charge in [0.25, 0.3) is 0 Å². The van der Waals surface area contributed by atoms with E-state index in [4.69, 9.17) is 0 Å². The van der Waals surface area contributed by atoms with Crippen molar-refractivity contribution in [3.63, 3.8) is 0 Å². The van der Waals surface area contributed by atoms with Crippen molar-refractivity contribution in [1.82, 2.24) is 0 Å². The molecule has 0 aliphatic heterocycles. The Labute approximate surface area is 272 Å². The maximum atomic E-state index is 4.01. The van der Waals surface area contributed by atoms with Crippen LogP contribution in [0.15, 0.2) is 122 Å². The smallest absolute Gasteiger partial charge is 0.0200 e.